The Kier molecular flexibility index (Phi) is 8.26. The summed E-state index contributed by atoms with van der Waals surface area (Å²) in [6.45, 7) is 3.43. The van der Waals surface area contributed by atoms with E-state index in [4.69, 9.17) is 0 Å². The van der Waals surface area contributed by atoms with Gasteiger partial charge in [0.1, 0.15) is 6.04 Å². The van der Waals surface area contributed by atoms with E-state index < -0.39 is 22.0 Å². The molecule has 2 aromatic carbocycles. The average Bonchev–Trinajstić information content (AvgIpc) is 3.31. The summed E-state index contributed by atoms with van der Waals surface area (Å²) in [5.41, 5.74) is 1.82. The van der Waals surface area contributed by atoms with Crippen LogP contribution >= 0.6 is 0 Å². The van der Waals surface area contributed by atoms with Crippen LogP contribution < -0.4 is 5.32 Å². The highest BCUT2D eigenvalue weighted by Crippen LogP contribution is 2.19. The third kappa shape index (κ3) is 6.42. The van der Waals surface area contributed by atoms with Crippen LogP contribution in [-0.2, 0) is 26.2 Å². The highest BCUT2D eigenvalue weighted by atomic mass is 32.2. The van der Waals surface area contributed by atoms with E-state index in [-0.39, 0.29) is 29.9 Å². The summed E-state index contributed by atoms with van der Waals surface area (Å²) in [4.78, 5) is 27.8. The zero-order chi connectivity index (χ0) is 24.0. The van der Waals surface area contributed by atoms with Crippen LogP contribution in [0.25, 0.3) is 0 Å². The van der Waals surface area contributed by atoms with Gasteiger partial charge in [-0.05, 0) is 44.4 Å². The molecule has 2 amide bonds. The highest BCUT2D eigenvalue weighted by molar-refractivity contribution is 7.89. The highest BCUT2D eigenvalue weighted by Gasteiger charge is 2.31. The van der Waals surface area contributed by atoms with Crippen molar-refractivity contribution in [3.63, 3.8) is 0 Å². The van der Waals surface area contributed by atoms with Gasteiger partial charge in [-0.25, -0.2) is 8.42 Å². The van der Waals surface area contributed by atoms with Crippen molar-refractivity contribution < 1.29 is 18.0 Å². The molecule has 0 saturated heterocycles. The second-order valence-corrected chi connectivity index (χ2v) is 10.8. The van der Waals surface area contributed by atoms with Crippen LogP contribution in [0.15, 0.2) is 59.5 Å². The summed E-state index contributed by atoms with van der Waals surface area (Å²) in [5, 5.41) is 3.05. The van der Waals surface area contributed by atoms with Crippen LogP contribution in [0.4, 0.5) is 0 Å². The smallest absolute Gasteiger partial charge is 0.243 e. The van der Waals surface area contributed by atoms with Crippen LogP contribution in [0.1, 0.15) is 43.7 Å². The fourth-order valence-corrected chi connectivity index (χ4v) is 5.13. The number of aryl methyl sites for hydroxylation is 1. The maximum Gasteiger partial charge on any atom is 0.243 e. The molecule has 1 saturated carbocycles. The Labute approximate surface area is 196 Å². The number of hydrogen-bond donors (Lipinski definition) is 1. The fraction of sp³-hybridized carbons (Fsp3) is 0.440. The molecule has 33 heavy (non-hydrogen) atoms. The first-order valence-corrected chi connectivity index (χ1v) is 12.8. The quantitative estimate of drug-likeness (QED) is 0.609. The summed E-state index contributed by atoms with van der Waals surface area (Å²) in [7, 11) is -2.45. The van der Waals surface area contributed by atoms with Gasteiger partial charge >= 0.3 is 0 Å². The van der Waals surface area contributed by atoms with Gasteiger partial charge < -0.3 is 10.2 Å². The minimum atomic E-state index is -3.84. The van der Waals surface area contributed by atoms with E-state index in [1.54, 1.807) is 19.1 Å². The summed E-state index contributed by atoms with van der Waals surface area (Å²) in [6, 6.07) is 15.3. The van der Waals surface area contributed by atoms with Gasteiger partial charge in [0.05, 0.1) is 11.4 Å². The largest absolute Gasteiger partial charge is 0.352 e. The molecule has 8 heteroatoms. The zero-order valence-electron chi connectivity index (χ0n) is 19.5. The molecule has 178 valence electrons. The molecule has 0 radical (unpaired) electrons. The van der Waals surface area contributed by atoms with Crippen LogP contribution in [0.2, 0.25) is 0 Å². The molecular weight excluding hydrogens is 438 g/mol. The second kappa shape index (κ2) is 10.9. The van der Waals surface area contributed by atoms with Crippen molar-refractivity contribution in [2.75, 3.05) is 13.6 Å². The SMILES string of the molecule is Cc1ccc(S(=O)(=O)N(C)CC(=O)N(Cc2ccccc2)[C@@H](C)C(=O)NC2CCCC2)cc1. The Balaban J connectivity index is 1.77. The molecule has 0 bridgehead atoms. The molecule has 2 aromatic rings. The minimum Gasteiger partial charge on any atom is -0.352 e. The number of rotatable bonds is 9. The van der Waals surface area contributed by atoms with Gasteiger partial charge in [0.2, 0.25) is 21.8 Å². The van der Waals surface area contributed by atoms with Gasteiger partial charge in [-0.1, -0.05) is 60.9 Å². The lowest BCUT2D eigenvalue weighted by Crippen LogP contribution is -2.52. The molecule has 1 fully saturated rings. The zero-order valence-corrected chi connectivity index (χ0v) is 20.3. The molecule has 3 rings (SSSR count). The van der Waals surface area contributed by atoms with Crippen molar-refractivity contribution in [3.05, 3.63) is 65.7 Å². The molecule has 7 nitrogen and oxygen atoms in total. The van der Waals surface area contributed by atoms with Crippen molar-refractivity contribution in [2.45, 2.75) is 63.1 Å². The van der Waals surface area contributed by atoms with Crippen molar-refractivity contribution in [2.24, 2.45) is 0 Å². The predicted molar refractivity (Wildman–Crippen MR) is 128 cm³/mol. The molecule has 1 N–H and O–H groups in total. The van der Waals surface area contributed by atoms with Crippen molar-refractivity contribution >= 4 is 21.8 Å². The molecule has 1 aliphatic carbocycles. The van der Waals surface area contributed by atoms with Crippen molar-refractivity contribution in [1.29, 1.82) is 0 Å². The third-order valence-electron chi connectivity index (χ3n) is 6.15. The van der Waals surface area contributed by atoms with E-state index in [1.165, 1.54) is 24.1 Å². The van der Waals surface area contributed by atoms with E-state index in [2.05, 4.69) is 5.32 Å². The summed E-state index contributed by atoms with van der Waals surface area (Å²) < 4.78 is 27.0. The number of likely N-dealkylation sites (N-methyl/N-ethyl adjacent to an activating group) is 1. The van der Waals surface area contributed by atoms with Crippen LogP contribution in [0.3, 0.4) is 0 Å². The Morgan fingerprint density at radius 3 is 2.24 bits per heavy atom. The Morgan fingerprint density at radius 1 is 1.03 bits per heavy atom. The van der Waals surface area contributed by atoms with E-state index in [9.17, 15) is 18.0 Å². The number of sulfonamides is 1. The third-order valence-corrected chi connectivity index (χ3v) is 7.97. The van der Waals surface area contributed by atoms with Crippen molar-refractivity contribution in [1.82, 2.24) is 14.5 Å². The van der Waals surface area contributed by atoms with E-state index >= 15 is 0 Å². The number of nitrogens with zero attached hydrogens (tertiary/aromatic N) is 2. The Bertz CT molecular complexity index is 1050. The number of carbonyl (C=O) groups excluding carboxylic acids is 2. The molecular formula is C25H33N3O4S. The van der Waals surface area contributed by atoms with Gasteiger partial charge in [-0.15, -0.1) is 0 Å². The lowest BCUT2D eigenvalue weighted by Gasteiger charge is -2.31. The average molecular weight is 472 g/mol. The Morgan fingerprint density at radius 2 is 1.64 bits per heavy atom. The van der Waals surface area contributed by atoms with Crippen LogP contribution in [0, 0.1) is 6.92 Å². The topological polar surface area (TPSA) is 86.8 Å². The number of benzene rings is 2. The minimum absolute atomic E-state index is 0.130. The summed E-state index contributed by atoms with van der Waals surface area (Å²) >= 11 is 0. The first kappa shape index (κ1) is 24.9. The van der Waals surface area contributed by atoms with E-state index in [1.807, 2.05) is 37.3 Å². The van der Waals surface area contributed by atoms with Gasteiger partial charge in [0.15, 0.2) is 0 Å². The van der Waals surface area contributed by atoms with Gasteiger partial charge in [-0.3, -0.25) is 9.59 Å². The van der Waals surface area contributed by atoms with Crippen molar-refractivity contribution in [3.8, 4) is 0 Å². The standard InChI is InChI=1S/C25H33N3O4S/c1-19-13-15-23(16-14-19)33(31,32)27(3)18-24(29)28(17-21-9-5-4-6-10-21)20(2)25(30)26-22-11-7-8-12-22/h4-6,9-10,13-16,20,22H,7-8,11-12,17-18H2,1-3H3,(H,26,30)/t20-/m0/s1. The molecule has 1 atom stereocenters. The number of nitrogens with one attached hydrogen (secondary N) is 1. The summed E-state index contributed by atoms with van der Waals surface area (Å²) in [6.07, 6.45) is 4.08. The molecule has 1 aliphatic rings. The van der Waals surface area contributed by atoms with E-state index in [0.29, 0.717) is 0 Å². The summed E-state index contributed by atoms with van der Waals surface area (Å²) in [5.74, 6) is -0.638. The molecule has 0 spiro atoms. The van der Waals surface area contributed by atoms with Crippen LogP contribution in [0.5, 0.6) is 0 Å². The normalized spacial score (nSPS) is 15.4. The molecule has 0 aliphatic heterocycles. The fourth-order valence-electron chi connectivity index (χ4n) is 4.01. The molecule has 0 unspecified atom stereocenters. The number of hydrogen-bond acceptors (Lipinski definition) is 4. The monoisotopic (exact) mass is 471 g/mol. The van der Waals surface area contributed by atoms with E-state index in [0.717, 1.165) is 41.1 Å². The second-order valence-electron chi connectivity index (χ2n) is 8.75. The lowest BCUT2D eigenvalue weighted by atomic mass is 10.1. The first-order chi connectivity index (χ1) is 15.7. The number of amides is 2. The van der Waals surface area contributed by atoms with Crippen LogP contribution in [-0.4, -0.2) is 55.1 Å². The molecule has 0 aromatic heterocycles. The lowest BCUT2D eigenvalue weighted by molar-refractivity contribution is -0.140. The number of carbonyl (C=O) groups is 2. The van der Waals surface area contributed by atoms with Gasteiger partial charge in [0.25, 0.3) is 0 Å². The van der Waals surface area contributed by atoms with Gasteiger partial charge in [0, 0.05) is 19.6 Å². The first-order valence-electron chi connectivity index (χ1n) is 11.4. The molecule has 0 heterocycles. The van der Waals surface area contributed by atoms with Gasteiger partial charge in [-0.2, -0.15) is 4.31 Å². The maximum atomic E-state index is 13.3. The maximum absolute atomic E-state index is 13.3. The Hall–Kier alpha value is -2.71. The predicted octanol–water partition coefficient (Wildman–Crippen LogP) is 3.09.